The van der Waals surface area contributed by atoms with Crippen molar-refractivity contribution >= 4 is 36.2 Å². The van der Waals surface area contributed by atoms with Crippen molar-refractivity contribution in [1.29, 1.82) is 0 Å². The van der Waals surface area contributed by atoms with Crippen molar-refractivity contribution in [3.05, 3.63) is 113 Å². The zero-order valence-corrected chi connectivity index (χ0v) is 33.8. The molecule has 0 bridgehead atoms. The summed E-state index contributed by atoms with van der Waals surface area (Å²) in [5.41, 5.74) is 7.61. The molecule has 58 heavy (non-hydrogen) atoms. The number of nitrogens with zero attached hydrogens (tertiary/aromatic N) is 3. The van der Waals surface area contributed by atoms with E-state index in [0.29, 0.717) is 5.75 Å². The van der Waals surface area contributed by atoms with Gasteiger partial charge in [0.2, 0.25) is 0 Å². The van der Waals surface area contributed by atoms with Crippen LogP contribution >= 0.6 is 7.29 Å². The van der Waals surface area contributed by atoms with E-state index in [1.807, 2.05) is 78.9 Å². The van der Waals surface area contributed by atoms with Crippen LogP contribution in [0.1, 0.15) is 25.0 Å². The van der Waals surface area contributed by atoms with E-state index in [1.54, 1.807) is 26.0 Å². The lowest BCUT2D eigenvalue weighted by molar-refractivity contribution is -0.147. The molecule has 17 heteroatoms. The van der Waals surface area contributed by atoms with Crippen LogP contribution in [0.25, 0.3) is 11.2 Å². The van der Waals surface area contributed by atoms with Crippen LogP contribution in [0.2, 0.25) is 0 Å². The first-order chi connectivity index (χ1) is 28.1. The fourth-order valence-corrected chi connectivity index (χ4v) is 8.70. The second kappa shape index (κ2) is 21.8. The van der Waals surface area contributed by atoms with Gasteiger partial charge in [-0.1, -0.05) is 78.9 Å². The number of aromatic amines is 1. The molecule has 3 aromatic carbocycles. The van der Waals surface area contributed by atoms with Crippen molar-refractivity contribution in [3.8, 4) is 11.8 Å². The number of hydrogen-bond acceptors (Lipinski definition) is 13. The number of carbonyl (C=O) groups is 2. The van der Waals surface area contributed by atoms with E-state index >= 15 is 4.57 Å². The molecule has 2 heterocycles. The Bertz CT molecular complexity index is 2080. The van der Waals surface area contributed by atoms with Gasteiger partial charge in [0.05, 0.1) is 32.3 Å². The molecule has 0 fully saturated rings. The minimum atomic E-state index is -3.89. The molecule has 4 atom stereocenters. The van der Waals surface area contributed by atoms with E-state index in [0.717, 1.165) is 11.1 Å². The van der Waals surface area contributed by atoms with Gasteiger partial charge in [-0.25, -0.2) is 4.79 Å². The Morgan fingerprint density at radius 2 is 1.47 bits per heavy atom. The Morgan fingerprint density at radius 1 is 0.845 bits per heavy atom. The van der Waals surface area contributed by atoms with Crippen LogP contribution in [0.3, 0.4) is 0 Å². The molecule has 0 amide bonds. The molecule has 4 N–H and O–H groups in total. The SMILES string of the molecule is CCOC(=O)C(Cc1ccccc1)CP(=O)(COC(COc1ccccc1)Cn1c(=O)[nH]c2c(N)nc(OCCOC)nc21)NC(Cc1ccccc1)C(=O)OCC. The van der Waals surface area contributed by atoms with Crippen LogP contribution in [-0.4, -0.2) is 96.3 Å². The molecular weight excluding hydrogens is 767 g/mol. The van der Waals surface area contributed by atoms with Crippen LogP contribution < -0.4 is 26.0 Å². The van der Waals surface area contributed by atoms with Gasteiger partial charge in [-0.15, -0.1) is 0 Å². The highest BCUT2D eigenvalue weighted by atomic mass is 31.2. The molecule has 4 unspecified atom stereocenters. The molecule has 0 aliphatic carbocycles. The normalized spacial score (nSPS) is 13.9. The van der Waals surface area contributed by atoms with Crippen LogP contribution in [0.4, 0.5) is 5.82 Å². The Labute approximate surface area is 336 Å². The predicted molar refractivity (Wildman–Crippen MR) is 218 cm³/mol. The number of hydrogen-bond donors (Lipinski definition) is 3. The molecule has 0 saturated heterocycles. The summed E-state index contributed by atoms with van der Waals surface area (Å²) in [6.45, 7) is 3.77. The van der Waals surface area contributed by atoms with E-state index in [1.165, 1.54) is 11.7 Å². The van der Waals surface area contributed by atoms with E-state index < -0.39 is 49.3 Å². The highest BCUT2D eigenvalue weighted by Crippen LogP contribution is 2.45. The number of rotatable bonds is 24. The molecule has 0 spiro atoms. The van der Waals surface area contributed by atoms with Gasteiger partial charge in [0.25, 0.3) is 0 Å². The molecule has 2 aromatic heterocycles. The van der Waals surface area contributed by atoms with Crippen LogP contribution in [0, 0.1) is 5.92 Å². The predicted octanol–water partition coefficient (Wildman–Crippen LogP) is 4.61. The molecule has 16 nitrogen and oxygen atoms in total. The van der Waals surface area contributed by atoms with E-state index in [4.69, 9.17) is 34.2 Å². The first-order valence-electron chi connectivity index (χ1n) is 19.1. The van der Waals surface area contributed by atoms with Crippen molar-refractivity contribution in [2.75, 3.05) is 58.4 Å². The number of carbonyl (C=O) groups excluding carboxylic acids is 2. The number of anilines is 1. The van der Waals surface area contributed by atoms with E-state index in [-0.39, 0.29) is 81.6 Å². The third kappa shape index (κ3) is 12.7. The smallest absolute Gasteiger partial charge is 0.327 e. The summed E-state index contributed by atoms with van der Waals surface area (Å²) in [5.74, 6) is -1.52. The van der Waals surface area contributed by atoms with Crippen LogP contribution in [0.15, 0.2) is 95.8 Å². The van der Waals surface area contributed by atoms with Crippen molar-refractivity contribution in [2.24, 2.45) is 5.92 Å². The number of nitrogen functional groups attached to an aromatic ring is 1. The van der Waals surface area contributed by atoms with Gasteiger partial charge in [-0.3, -0.25) is 19.2 Å². The van der Waals surface area contributed by atoms with Crippen molar-refractivity contribution < 1.29 is 42.6 Å². The maximum absolute atomic E-state index is 15.5. The number of fused-ring (bicyclic) bond motifs is 1. The summed E-state index contributed by atoms with van der Waals surface area (Å²) in [5, 5.41) is 3.11. The van der Waals surface area contributed by atoms with Gasteiger partial charge in [0.15, 0.2) is 18.8 Å². The maximum Gasteiger partial charge on any atom is 0.327 e. The molecule has 0 radical (unpaired) electrons. The Hall–Kier alpha value is -5.54. The number of ether oxygens (including phenoxy) is 6. The Kier molecular flexibility index (Phi) is 16.4. The number of nitrogens with one attached hydrogen (secondary N) is 2. The summed E-state index contributed by atoms with van der Waals surface area (Å²) in [4.78, 5) is 51.8. The van der Waals surface area contributed by atoms with Crippen molar-refractivity contribution in [1.82, 2.24) is 24.6 Å². The first-order valence-corrected chi connectivity index (χ1v) is 21.1. The highest BCUT2D eigenvalue weighted by Gasteiger charge is 2.37. The summed E-state index contributed by atoms with van der Waals surface area (Å²) in [6, 6.07) is 26.4. The largest absolute Gasteiger partial charge is 0.491 e. The van der Waals surface area contributed by atoms with Gasteiger partial charge in [-0.2, -0.15) is 9.97 Å². The van der Waals surface area contributed by atoms with Gasteiger partial charge >= 0.3 is 23.6 Å². The number of aromatic nitrogens is 4. The Balaban J connectivity index is 1.51. The monoisotopic (exact) mass is 818 g/mol. The lowest BCUT2D eigenvalue weighted by atomic mass is 10.0. The summed E-state index contributed by atoms with van der Waals surface area (Å²) >= 11 is 0. The molecule has 0 aliphatic rings. The topological polar surface area (TPSA) is 208 Å². The molecule has 0 aliphatic heterocycles. The summed E-state index contributed by atoms with van der Waals surface area (Å²) < 4.78 is 50.9. The number of methoxy groups -OCH3 is 1. The third-order valence-corrected chi connectivity index (χ3v) is 11.3. The average molecular weight is 819 g/mol. The minimum absolute atomic E-state index is 0.00758. The Morgan fingerprint density at radius 3 is 2.10 bits per heavy atom. The van der Waals surface area contributed by atoms with Crippen molar-refractivity contribution in [3.63, 3.8) is 0 Å². The molecular formula is C41H51N6O10P. The molecule has 5 rings (SSSR count). The van der Waals surface area contributed by atoms with Crippen molar-refractivity contribution in [2.45, 2.75) is 45.4 Å². The fraction of sp³-hybridized carbons (Fsp3) is 0.390. The second-order valence-corrected chi connectivity index (χ2v) is 16.0. The van der Waals surface area contributed by atoms with Crippen LogP contribution in [0.5, 0.6) is 11.8 Å². The number of benzene rings is 3. The third-order valence-electron chi connectivity index (χ3n) is 8.94. The zero-order chi connectivity index (χ0) is 41.3. The van der Waals surface area contributed by atoms with Gasteiger partial charge in [-0.05, 0) is 49.9 Å². The quantitative estimate of drug-likeness (QED) is 0.0442. The average Bonchev–Trinajstić information content (AvgIpc) is 3.54. The maximum atomic E-state index is 15.5. The molecule has 0 saturated carbocycles. The zero-order valence-electron chi connectivity index (χ0n) is 32.9. The van der Waals surface area contributed by atoms with Gasteiger partial charge in [0, 0.05) is 13.3 Å². The summed E-state index contributed by atoms with van der Waals surface area (Å²) in [6.07, 6.45) is -1.27. The number of H-pyrrole nitrogens is 1. The van der Waals surface area contributed by atoms with E-state index in [9.17, 15) is 14.4 Å². The van der Waals surface area contributed by atoms with Crippen LogP contribution in [-0.2, 0) is 52.5 Å². The van der Waals surface area contributed by atoms with E-state index in [2.05, 4.69) is 20.0 Å². The summed E-state index contributed by atoms with van der Waals surface area (Å²) in [7, 11) is -2.37. The molecule has 5 aromatic rings. The second-order valence-electron chi connectivity index (χ2n) is 13.3. The standard InChI is InChI=1S/C41H51N6O10P/c1-4-53-38(48)31(23-29-15-9-6-10-16-29)27-58(51,46-34(39(49)54-5-2)24-30-17-11-7-12-18-30)28-57-33(26-56-32-19-13-8-14-20-32)25-47-37-35(43-41(47)50)36(42)44-40(45-37)55-22-21-52-3/h6-20,31,33-34H,4-5,21-28H2,1-3H3,(H,43,50)(H,46,51)(H2,42,44,45). The number of esters is 2. The molecule has 310 valence electrons. The number of nitrogens with two attached hydrogens (primary N) is 1. The fourth-order valence-electron chi connectivity index (χ4n) is 6.21. The minimum Gasteiger partial charge on any atom is -0.491 e. The lowest BCUT2D eigenvalue weighted by Crippen LogP contribution is -2.41. The van der Waals surface area contributed by atoms with Gasteiger partial charge < -0.3 is 43.7 Å². The number of para-hydroxylation sites is 1. The van der Waals surface area contributed by atoms with Gasteiger partial charge in [0.1, 0.15) is 43.0 Å². The first kappa shape index (κ1) is 43.6. The highest BCUT2D eigenvalue weighted by molar-refractivity contribution is 7.61. The number of imidazole rings is 1. The lowest BCUT2D eigenvalue weighted by Gasteiger charge is -2.29.